The third-order valence-electron chi connectivity index (χ3n) is 3.29. The van der Waals surface area contributed by atoms with Crippen LogP contribution in [0, 0.1) is 10.1 Å². The number of aromatic nitrogens is 4. The molecule has 0 unspecified atom stereocenters. The molecule has 0 aliphatic heterocycles. The smallest absolute Gasteiger partial charge is 0.269 e. The minimum atomic E-state index is -0.449. The van der Waals surface area contributed by atoms with E-state index in [0.29, 0.717) is 10.3 Å². The van der Waals surface area contributed by atoms with Crippen LogP contribution < -0.4 is 5.32 Å². The van der Waals surface area contributed by atoms with Gasteiger partial charge in [-0.05, 0) is 18.6 Å². The highest BCUT2D eigenvalue weighted by molar-refractivity contribution is 7.99. The van der Waals surface area contributed by atoms with E-state index in [1.54, 1.807) is 29.1 Å². The average Bonchev–Trinajstić information content (AvgIpc) is 3.29. The Morgan fingerprint density at radius 3 is 2.77 bits per heavy atom. The first-order valence-electron chi connectivity index (χ1n) is 7.60. The molecule has 0 spiro atoms. The first-order valence-corrected chi connectivity index (χ1v) is 9.40. The number of nitro benzene ring substituents is 1. The number of anilines is 1. The maximum atomic E-state index is 12.1. The molecule has 2 heterocycles. The van der Waals surface area contributed by atoms with Gasteiger partial charge in [0.1, 0.15) is 5.01 Å². The summed E-state index contributed by atoms with van der Waals surface area (Å²) in [7, 11) is 0. The van der Waals surface area contributed by atoms with Gasteiger partial charge in [-0.25, -0.2) is 4.98 Å². The molecule has 26 heavy (non-hydrogen) atoms. The van der Waals surface area contributed by atoms with Crippen LogP contribution in [-0.2, 0) is 11.2 Å². The Bertz CT molecular complexity index is 922. The molecule has 1 N–H and O–H groups in total. The van der Waals surface area contributed by atoms with Gasteiger partial charge in [-0.2, -0.15) is 0 Å². The van der Waals surface area contributed by atoms with Crippen molar-refractivity contribution in [3.63, 3.8) is 0 Å². The van der Waals surface area contributed by atoms with Crippen molar-refractivity contribution < 1.29 is 9.72 Å². The summed E-state index contributed by atoms with van der Waals surface area (Å²) >= 11 is 2.61. The molecule has 0 aliphatic carbocycles. The number of non-ortho nitro benzene ring substituents is 1. The van der Waals surface area contributed by atoms with Crippen molar-refractivity contribution >= 4 is 39.8 Å². The number of imidazole rings is 1. The third-order valence-corrected chi connectivity index (χ3v) is 5.24. The van der Waals surface area contributed by atoms with E-state index in [-0.39, 0.29) is 17.3 Å². The van der Waals surface area contributed by atoms with E-state index in [0.717, 1.165) is 17.1 Å². The molecule has 0 bridgehead atoms. The number of benzene rings is 1. The molecule has 11 heteroatoms. The minimum absolute atomic E-state index is 0.0194. The number of nitrogens with one attached hydrogen (secondary N) is 1. The largest absolute Gasteiger partial charge is 0.300 e. The quantitative estimate of drug-likeness (QED) is 0.374. The fraction of sp³-hybridized carbons (Fsp3) is 0.200. The molecular formula is C15H14N6O3S2. The van der Waals surface area contributed by atoms with Crippen molar-refractivity contribution in [1.29, 1.82) is 0 Å². The van der Waals surface area contributed by atoms with Gasteiger partial charge in [-0.3, -0.25) is 24.8 Å². The molecular weight excluding hydrogens is 376 g/mol. The molecule has 2 aromatic heterocycles. The first kappa shape index (κ1) is 18.0. The second-order valence-corrected chi connectivity index (χ2v) is 7.05. The van der Waals surface area contributed by atoms with E-state index in [2.05, 4.69) is 20.5 Å². The molecule has 1 amide bonds. The van der Waals surface area contributed by atoms with Crippen LogP contribution in [0.15, 0.2) is 41.8 Å². The van der Waals surface area contributed by atoms with Crippen LogP contribution in [0.3, 0.4) is 0 Å². The van der Waals surface area contributed by atoms with E-state index in [1.807, 2.05) is 6.92 Å². The molecule has 0 atom stereocenters. The first-order chi connectivity index (χ1) is 12.6. The number of nitrogens with zero attached hydrogens (tertiary/aromatic N) is 5. The number of hydrogen-bond donors (Lipinski definition) is 1. The summed E-state index contributed by atoms with van der Waals surface area (Å²) in [5.74, 6) is -0.0440. The summed E-state index contributed by atoms with van der Waals surface area (Å²) in [6.45, 7) is 1.97. The standard InChI is InChI=1S/C15H14N6O3S2/c1-2-13-18-19-14(26-13)17-12(22)9-25-15-16-7-8-20(15)10-3-5-11(6-4-10)21(23)24/h3-8H,2,9H2,1H3,(H,17,19,22). The van der Waals surface area contributed by atoms with Crippen LogP contribution in [0.5, 0.6) is 0 Å². The van der Waals surface area contributed by atoms with Crippen molar-refractivity contribution in [2.24, 2.45) is 0 Å². The number of thioether (sulfide) groups is 1. The topological polar surface area (TPSA) is 116 Å². The van der Waals surface area contributed by atoms with Crippen molar-refractivity contribution in [2.75, 3.05) is 11.1 Å². The highest BCUT2D eigenvalue weighted by atomic mass is 32.2. The molecule has 0 aliphatic rings. The van der Waals surface area contributed by atoms with Crippen LogP contribution in [0.2, 0.25) is 0 Å². The predicted octanol–water partition coefficient (Wildman–Crippen LogP) is 2.93. The van der Waals surface area contributed by atoms with E-state index in [1.165, 1.54) is 35.2 Å². The Morgan fingerprint density at radius 1 is 1.35 bits per heavy atom. The average molecular weight is 390 g/mol. The van der Waals surface area contributed by atoms with Crippen molar-refractivity contribution in [2.45, 2.75) is 18.5 Å². The molecule has 0 saturated carbocycles. The monoisotopic (exact) mass is 390 g/mol. The molecule has 0 saturated heterocycles. The Balaban J connectivity index is 1.63. The third kappa shape index (κ3) is 4.24. The number of rotatable bonds is 7. The zero-order chi connectivity index (χ0) is 18.5. The van der Waals surface area contributed by atoms with Crippen molar-refractivity contribution in [1.82, 2.24) is 19.7 Å². The van der Waals surface area contributed by atoms with E-state index >= 15 is 0 Å². The van der Waals surface area contributed by atoms with Crippen LogP contribution in [0.25, 0.3) is 5.69 Å². The lowest BCUT2D eigenvalue weighted by molar-refractivity contribution is -0.384. The summed E-state index contributed by atoms with van der Waals surface area (Å²) in [4.78, 5) is 26.6. The molecule has 3 aromatic rings. The van der Waals surface area contributed by atoms with Gasteiger partial charge < -0.3 is 0 Å². The second-order valence-electron chi connectivity index (χ2n) is 5.04. The zero-order valence-electron chi connectivity index (χ0n) is 13.7. The Hall–Kier alpha value is -2.79. The minimum Gasteiger partial charge on any atom is -0.300 e. The number of hydrogen-bond acceptors (Lipinski definition) is 8. The summed E-state index contributed by atoms with van der Waals surface area (Å²) in [6, 6.07) is 6.13. The predicted molar refractivity (Wildman–Crippen MR) is 98.9 cm³/mol. The van der Waals surface area contributed by atoms with Crippen LogP contribution in [-0.4, -0.2) is 36.3 Å². The normalized spacial score (nSPS) is 10.7. The van der Waals surface area contributed by atoms with Crippen molar-refractivity contribution in [3.8, 4) is 5.69 Å². The molecule has 9 nitrogen and oxygen atoms in total. The number of carbonyl (C=O) groups is 1. The fourth-order valence-electron chi connectivity index (χ4n) is 2.06. The van der Waals surface area contributed by atoms with Gasteiger partial charge >= 0.3 is 0 Å². The molecule has 0 radical (unpaired) electrons. The fourth-order valence-corrected chi connectivity index (χ4v) is 3.53. The van der Waals surface area contributed by atoms with Gasteiger partial charge in [0.25, 0.3) is 5.69 Å². The lowest BCUT2D eigenvalue weighted by Gasteiger charge is -2.07. The van der Waals surface area contributed by atoms with Gasteiger partial charge in [0, 0.05) is 30.2 Å². The highest BCUT2D eigenvalue weighted by Crippen LogP contribution is 2.23. The van der Waals surface area contributed by atoms with E-state index < -0.39 is 4.92 Å². The SMILES string of the molecule is CCc1nnc(NC(=O)CSc2nccn2-c2ccc([N+](=O)[O-])cc2)s1. The van der Waals surface area contributed by atoms with Gasteiger partial charge in [0.2, 0.25) is 11.0 Å². The number of nitro groups is 1. The molecule has 134 valence electrons. The van der Waals surface area contributed by atoms with Gasteiger partial charge in [0.15, 0.2) is 5.16 Å². The Morgan fingerprint density at radius 2 is 2.12 bits per heavy atom. The van der Waals surface area contributed by atoms with Crippen molar-refractivity contribution in [3.05, 3.63) is 51.8 Å². The van der Waals surface area contributed by atoms with Gasteiger partial charge in [-0.15, -0.1) is 10.2 Å². The van der Waals surface area contributed by atoms with Crippen LogP contribution >= 0.6 is 23.1 Å². The maximum absolute atomic E-state index is 12.1. The van der Waals surface area contributed by atoms with Gasteiger partial charge in [-0.1, -0.05) is 30.0 Å². The summed E-state index contributed by atoms with van der Waals surface area (Å²) in [5, 5.41) is 23.3. The molecule has 3 rings (SSSR count). The number of carbonyl (C=O) groups excluding carboxylic acids is 1. The Kier molecular flexibility index (Phi) is 5.58. The summed E-state index contributed by atoms with van der Waals surface area (Å²) in [6.07, 6.45) is 4.12. The lowest BCUT2D eigenvalue weighted by Crippen LogP contribution is -2.14. The molecule has 0 fully saturated rings. The van der Waals surface area contributed by atoms with E-state index in [4.69, 9.17) is 0 Å². The second kappa shape index (κ2) is 8.06. The number of aryl methyl sites for hydroxylation is 1. The zero-order valence-corrected chi connectivity index (χ0v) is 15.3. The summed E-state index contributed by atoms with van der Waals surface area (Å²) < 4.78 is 1.77. The maximum Gasteiger partial charge on any atom is 0.269 e. The lowest BCUT2D eigenvalue weighted by atomic mass is 10.3. The highest BCUT2D eigenvalue weighted by Gasteiger charge is 2.12. The number of amides is 1. The van der Waals surface area contributed by atoms with Crippen LogP contribution in [0.4, 0.5) is 10.8 Å². The van der Waals surface area contributed by atoms with Crippen LogP contribution in [0.1, 0.15) is 11.9 Å². The summed E-state index contributed by atoms with van der Waals surface area (Å²) in [5.41, 5.74) is 0.749. The Labute approximate surface area is 156 Å². The van der Waals surface area contributed by atoms with Gasteiger partial charge in [0.05, 0.1) is 10.7 Å². The molecule has 1 aromatic carbocycles. The van der Waals surface area contributed by atoms with E-state index in [9.17, 15) is 14.9 Å².